The van der Waals surface area contributed by atoms with Crippen LogP contribution in [0.5, 0.6) is 0 Å². The minimum absolute atomic E-state index is 1.02. The van der Waals surface area contributed by atoms with Crippen molar-refractivity contribution in [2.75, 3.05) is 11.5 Å². The number of unbranched alkanes of at least 4 members (excludes halogenated alkanes) is 2. The monoisotopic (exact) mass is 219 g/mol. The molecule has 1 heterocycles. The molecule has 1 nitrogen and oxygen atoms in total. The van der Waals surface area contributed by atoms with Gasteiger partial charge in [-0.25, -0.2) is 4.98 Å². The van der Waals surface area contributed by atoms with Gasteiger partial charge in [0.25, 0.3) is 0 Å². The molecule has 0 fully saturated rings. The molecule has 0 atom stereocenters. The maximum atomic E-state index is 4.20. The first-order valence-corrected chi connectivity index (χ1v) is 6.56. The molecule has 1 aromatic rings. The summed E-state index contributed by atoms with van der Waals surface area (Å²) >= 11 is 7.75. The van der Waals surface area contributed by atoms with Gasteiger partial charge in [0.05, 0.1) is 0 Å². The summed E-state index contributed by atoms with van der Waals surface area (Å²) in [5.74, 6) is 2.21. The maximum absolute atomic E-state index is 4.20. The number of thiazole rings is 1. The van der Waals surface area contributed by atoms with E-state index in [0.717, 1.165) is 5.75 Å². The van der Waals surface area contributed by atoms with Crippen molar-refractivity contribution >= 4 is 35.7 Å². The highest BCUT2D eigenvalue weighted by Gasteiger charge is 1.95. The number of thioether (sulfide) groups is 1. The fourth-order valence-corrected chi connectivity index (χ4v) is 2.76. The van der Waals surface area contributed by atoms with Crippen molar-refractivity contribution in [1.29, 1.82) is 0 Å². The highest BCUT2D eigenvalue weighted by molar-refractivity contribution is 8.00. The average Bonchev–Trinajstić information content (AvgIpc) is 2.57. The molecule has 0 N–H and O–H groups in total. The Morgan fingerprint density at radius 1 is 1.42 bits per heavy atom. The van der Waals surface area contributed by atoms with E-state index in [1.165, 1.54) is 29.4 Å². The van der Waals surface area contributed by atoms with Crippen LogP contribution < -0.4 is 0 Å². The Morgan fingerprint density at radius 3 is 3.00 bits per heavy atom. The molecule has 0 radical (unpaired) electrons. The van der Waals surface area contributed by atoms with Gasteiger partial charge < -0.3 is 0 Å². The highest BCUT2D eigenvalue weighted by atomic mass is 32.2. The molecule has 0 saturated heterocycles. The minimum Gasteiger partial charge on any atom is -0.238 e. The lowest BCUT2D eigenvalue weighted by atomic mass is 10.3. The van der Waals surface area contributed by atoms with Crippen LogP contribution in [0.2, 0.25) is 0 Å². The molecule has 0 aliphatic carbocycles. The number of rotatable bonds is 6. The molecule has 0 bridgehead atoms. The van der Waals surface area contributed by atoms with Gasteiger partial charge >= 0.3 is 0 Å². The number of hydrogen-bond acceptors (Lipinski definition) is 4. The smallest absolute Gasteiger partial charge is 0.149 e. The predicted octanol–water partition coefficient (Wildman–Crippen LogP) is 3.34. The minimum atomic E-state index is 1.02. The Bertz CT molecular complexity index is 186. The van der Waals surface area contributed by atoms with E-state index in [9.17, 15) is 0 Å². The Labute approximate surface area is 87.4 Å². The first kappa shape index (κ1) is 10.4. The molecule has 4 heteroatoms. The number of thiol groups is 1. The molecule has 0 amide bonds. The van der Waals surface area contributed by atoms with Crippen molar-refractivity contribution in [3.05, 3.63) is 11.6 Å². The van der Waals surface area contributed by atoms with Gasteiger partial charge in [0.15, 0.2) is 0 Å². The fraction of sp³-hybridized carbons (Fsp3) is 0.625. The molecule has 1 rings (SSSR count). The molecule has 0 aromatic carbocycles. The molecule has 0 aliphatic rings. The Hall–Kier alpha value is 0.330. The van der Waals surface area contributed by atoms with Gasteiger partial charge in [-0.2, -0.15) is 12.6 Å². The van der Waals surface area contributed by atoms with Crippen LogP contribution >= 0.6 is 35.7 Å². The van der Waals surface area contributed by atoms with Gasteiger partial charge in [-0.1, -0.05) is 18.2 Å². The maximum Gasteiger partial charge on any atom is 0.149 e. The van der Waals surface area contributed by atoms with E-state index < -0.39 is 0 Å². The normalized spacial score (nSPS) is 10.4. The van der Waals surface area contributed by atoms with Gasteiger partial charge in [-0.15, -0.1) is 11.3 Å². The Morgan fingerprint density at radius 2 is 2.33 bits per heavy atom. The van der Waals surface area contributed by atoms with E-state index in [-0.39, 0.29) is 0 Å². The second kappa shape index (κ2) is 6.80. The van der Waals surface area contributed by atoms with Crippen LogP contribution in [0.3, 0.4) is 0 Å². The third-order valence-corrected chi connectivity index (χ3v) is 3.81. The van der Waals surface area contributed by atoms with E-state index in [1.807, 2.05) is 23.3 Å². The van der Waals surface area contributed by atoms with Crippen LogP contribution in [0, 0.1) is 0 Å². The second-order valence-corrected chi connectivity index (χ2v) is 5.11. The van der Waals surface area contributed by atoms with Crippen molar-refractivity contribution in [3.8, 4) is 0 Å². The molecule has 0 saturated carbocycles. The van der Waals surface area contributed by atoms with Crippen LogP contribution in [-0.2, 0) is 0 Å². The van der Waals surface area contributed by atoms with Crippen LogP contribution in [0.4, 0.5) is 0 Å². The number of aromatic nitrogens is 1. The van der Waals surface area contributed by atoms with Crippen molar-refractivity contribution in [2.45, 2.75) is 23.6 Å². The Kier molecular flexibility index (Phi) is 5.90. The SMILES string of the molecule is SCCCCCSc1nccs1. The van der Waals surface area contributed by atoms with Gasteiger partial charge in [0.1, 0.15) is 4.34 Å². The van der Waals surface area contributed by atoms with Gasteiger partial charge in [-0.3, -0.25) is 0 Å². The quantitative estimate of drug-likeness (QED) is 0.448. The fourth-order valence-electron chi connectivity index (χ4n) is 0.832. The summed E-state index contributed by atoms with van der Waals surface area (Å²) in [4.78, 5) is 4.20. The molecule has 0 spiro atoms. The largest absolute Gasteiger partial charge is 0.238 e. The summed E-state index contributed by atoms with van der Waals surface area (Å²) in [5, 5.41) is 2.02. The molecule has 68 valence electrons. The van der Waals surface area contributed by atoms with E-state index >= 15 is 0 Å². The molecular weight excluding hydrogens is 206 g/mol. The highest BCUT2D eigenvalue weighted by Crippen LogP contribution is 2.21. The lowest BCUT2D eigenvalue weighted by molar-refractivity contribution is 0.787. The van der Waals surface area contributed by atoms with E-state index in [4.69, 9.17) is 0 Å². The number of nitrogens with zero attached hydrogens (tertiary/aromatic N) is 1. The summed E-state index contributed by atoms with van der Waals surface area (Å²) in [5.41, 5.74) is 0. The summed E-state index contributed by atoms with van der Waals surface area (Å²) in [6.07, 6.45) is 5.68. The Balaban J connectivity index is 1.96. The zero-order valence-corrected chi connectivity index (χ0v) is 9.43. The van der Waals surface area contributed by atoms with E-state index in [0.29, 0.717) is 0 Å². The summed E-state index contributed by atoms with van der Waals surface area (Å²) < 4.78 is 1.20. The van der Waals surface area contributed by atoms with Crippen LogP contribution in [0.25, 0.3) is 0 Å². The first-order chi connectivity index (χ1) is 5.93. The van der Waals surface area contributed by atoms with Crippen LogP contribution in [0.1, 0.15) is 19.3 Å². The average molecular weight is 219 g/mol. The zero-order chi connectivity index (χ0) is 8.65. The van der Waals surface area contributed by atoms with Gasteiger partial charge in [0.2, 0.25) is 0 Å². The van der Waals surface area contributed by atoms with Crippen molar-refractivity contribution in [3.63, 3.8) is 0 Å². The van der Waals surface area contributed by atoms with Crippen LogP contribution in [-0.4, -0.2) is 16.5 Å². The van der Waals surface area contributed by atoms with E-state index in [1.54, 1.807) is 11.3 Å². The molecular formula is C8H13NS3. The van der Waals surface area contributed by atoms with Crippen molar-refractivity contribution in [1.82, 2.24) is 4.98 Å². The summed E-state index contributed by atoms with van der Waals surface area (Å²) in [6.45, 7) is 0. The lowest BCUT2D eigenvalue weighted by Gasteiger charge is -1.96. The van der Waals surface area contributed by atoms with Gasteiger partial charge in [0, 0.05) is 17.3 Å². The predicted molar refractivity (Wildman–Crippen MR) is 60.5 cm³/mol. The van der Waals surface area contributed by atoms with Gasteiger partial charge in [-0.05, 0) is 18.6 Å². The summed E-state index contributed by atoms with van der Waals surface area (Å²) in [7, 11) is 0. The molecule has 0 aliphatic heterocycles. The first-order valence-electron chi connectivity index (χ1n) is 4.06. The molecule has 1 aromatic heterocycles. The zero-order valence-electron chi connectivity index (χ0n) is 6.90. The van der Waals surface area contributed by atoms with Crippen LogP contribution in [0.15, 0.2) is 15.9 Å². The van der Waals surface area contributed by atoms with E-state index in [2.05, 4.69) is 17.6 Å². The lowest BCUT2D eigenvalue weighted by Crippen LogP contribution is -1.81. The summed E-state index contributed by atoms with van der Waals surface area (Å²) in [6, 6.07) is 0. The molecule has 12 heavy (non-hydrogen) atoms. The standard InChI is InChI=1S/C8H13NS3/c10-5-2-1-3-6-11-8-9-4-7-12-8/h4,7,10H,1-3,5-6H2. The third-order valence-electron chi connectivity index (χ3n) is 1.44. The topological polar surface area (TPSA) is 12.9 Å². The number of hydrogen-bond donors (Lipinski definition) is 1. The molecule has 0 unspecified atom stereocenters. The second-order valence-electron chi connectivity index (χ2n) is 2.43. The van der Waals surface area contributed by atoms with Crippen molar-refractivity contribution < 1.29 is 0 Å². The third kappa shape index (κ3) is 4.38. The van der Waals surface area contributed by atoms with Crippen molar-refractivity contribution in [2.24, 2.45) is 0 Å².